The number of hydrogen-bond acceptors (Lipinski definition) is 4. The van der Waals surface area contributed by atoms with E-state index in [1.54, 1.807) is 18.2 Å². The Morgan fingerprint density at radius 1 is 1.10 bits per heavy atom. The van der Waals surface area contributed by atoms with E-state index in [-0.39, 0.29) is 41.4 Å². The molecule has 2 rings (SSSR count). The summed E-state index contributed by atoms with van der Waals surface area (Å²) < 4.78 is 26.2. The Morgan fingerprint density at radius 3 is 2.45 bits per heavy atom. The van der Waals surface area contributed by atoms with E-state index >= 15 is 0 Å². The normalized spacial score (nSPS) is 12.7. The fourth-order valence-electron chi connectivity index (χ4n) is 2.67. The van der Waals surface area contributed by atoms with Crippen molar-refractivity contribution in [2.24, 2.45) is 4.99 Å². The van der Waals surface area contributed by atoms with E-state index < -0.39 is 10.0 Å². The van der Waals surface area contributed by atoms with Crippen LogP contribution in [0, 0.1) is 0 Å². The van der Waals surface area contributed by atoms with Gasteiger partial charge in [0.25, 0.3) is 0 Å². The number of hydrogen-bond donors (Lipinski definition) is 4. The first kappa shape index (κ1) is 25.3. The van der Waals surface area contributed by atoms with Gasteiger partial charge >= 0.3 is 0 Å². The maximum atomic E-state index is 11.9. The maximum Gasteiger partial charge on any atom is 0.240 e. The Bertz CT molecular complexity index is 876. The highest BCUT2D eigenvalue weighted by molar-refractivity contribution is 14.0. The van der Waals surface area contributed by atoms with E-state index in [4.69, 9.17) is 0 Å². The van der Waals surface area contributed by atoms with Crippen molar-refractivity contribution in [2.45, 2.75) is 24.3 Å². The van der Waals surface area contributed by atoms with Crippen molar-refractivity contribution in [3.8, 4) is 0 Å². The second-order valence-electron chi connectivity index (χ2n) is 6.22. The number of rotatable bonds is 9. The molecule has 2 aromatic rings. The highest BCUT2D eigenvalue weighted by atomic mass is 127. The molecule has 0 amide bonds. The maximum absolute atomic E-state index is 11.9. The number of aliphatic hydroxyl groups excluding tert-OH is 1. The van der Waals surface area contributed by atoms with Crippen LogP contribution >= 0.6 is 24.0 Å². The Kier molecular flexibility index (Phi) is 11.2. The summed E-state index contributed by atoms with van der Waals surface area (Å²) in [5.41, 5.74) is 1.84. The molecule has 9 heteroatoms. The first-order valence-electron chi connectivity index (χ1n) is 9.20. The van der Waals surface area contributed by atoms with E-state index in [0.717, 1.165) is 11.1 Å². The summed E-state index contributed by atoms with van der Waals surface area (Å²) >= 11 is 0. The molecule has 0 saturated carbocycles. The molecule has 0 bridgehead atoms. The van der Waals surface area contributed by atoms with E-state index in [9.17, 15) is 13.5 Å². The van der Waals surface area contributed by atoms with Crippen molar-refractivity contribution in [1.29, 1.82) is 0 Å². The minimum atomic E-state index is -3.48. The van der Waals surface area contributed by atoms with Gasteiger partial charge in [0.05, 0.1) is 18.0 Å². The van der Waals surface area contributed by atoms with Crippen LogP contribution in [0.25, 0.3) is 0 Å². The lowest BCUT2D eigenvalue weighted by Gasteiger charge is -2.18. The third-order valence-corrected chi connectivity index (χ3v) is 5.66. The quantitative estimate of drug-likeness (QED) is 0.225. The van der Waals surface area contributed by atoms with Crippen molar-refractivity contribution < 1.29 is 13.5 Å². The molecule has 160 valence electrons. The summed E-state index contributed by atoms with van der Waals surface area (Å²) in [5, 5.41) is 16.1. The summed E-state index contributed by atoms with van der Waals surface area (Å²) in [7, 11) is -2.10. The zero-order valence-electron chi connectivity index (χ0n) is 16.6. The van der Waals surface area contributed by atoms with Crippen LogP contribution in [0.1, 0.15) is 24.0 Å². The third kappa shape index (κ3) is 7.92. The topological polar surface area (TPSA) is 103 Å². The van der Waals surface area contributed by atoms with E-state index in [1.165, 1.54) is 7.05 Å². The van der Waals surface area contributed by atoms with Gasteiger partial charge in [-0.05, 0) is 37.2 Å². The van der Waals surface area contributed by atoms with Crippen LogP contribution in [0.5, 0.6) is 0 Å². The van der Waals surface area contributed by atoms with Crippen LogP contribution in [-0.4, -0.2) is 46.2 Å². The summed E-state index contributed by atoms with van der Waals surface area (Å²) in [6.45, 7) is 3.55. The third-order valence-electron chi connectivity index (χ3n) is 4.25. The molecular formula is C20H29IN4O3S. The van der Waals surface area contributed by atoms with Crippen molar-refractivity contribution in [3.05, 3.63) is 65.7 Å². The van der Waals surface area contributed by atoms with Gasteiger partial charge in [-0.15, -0.1) is 24.0 Å². The van der Waals surface area contributed by atoms with Crippen LogP contribution in [0.3, 0.4) is 0 Å². The van der Waals surface area contributed by atoms with Gasteiger partial charge in [-0.25, -0.2) is 18.1 Å². The predicted octanol–water partition coefficient (Wildman–Crippen LogP) is 2.04. The lowest BCUT2D eigenvalue weighted by atomic mass is 10.0. The number of aliphatic imine (C=N–C) groups is 1. The Morgan fingerprint density at radius 2 is 1.83 bits per heavy atom. The number of halogens is 1. The molecule has 0 radical (unpaired) electrons. The predicted molar refractivity (Wildman–Crippen MR) is 127 cm³/mol. The summed E-state index contributed by atoms with van der Waals surface area (Å²) in [6, 6.07) is 16.5. The van der Waals surface area contributed by atoms with Crippen molar-refractivity contribution in [2.75, 3.05) is 26.7 Å². The van der Waals surface area contributed by atoms with Gasteiger partial charge in [0.2, 0.25) is 10.0 Å². The fraction of sp³-hybridized carbons (Fsp3) is 0.350. The number of nitrogens with one attached hydrogen (secondary N) is 3. The number of benzene rings is 2. The molecule has 2 aromatic carbocycles. The van der Waals surface area contributed by atoms with Gasteiger partial charge in [0, 0.05) is 19.0 Å². The molecule has 0 saturated heterocycles. The molecule has 0 aromatic heterocycles. The summed E-state index contributed by atoms with van der Waals surface area (Å²) in [6.07, 6.45) is 0. The Labute approximate surface area is 190 Å². The number of guanidine groups is 1. The molecule has 1 atom stereocenters. The standard InChI is InChI=1S/C20H28N4O3S.HI/c1-3-22-20(24-14-18(15-25)17-9-5-4-6-10-17)23-13-16-8-7-11-19(12-16)28(26,27)21-2;/h4-12,18,21,25H,3,13-15H2,1-2H3,(H2,22,23,24);1H. The zero-order chi connectivity index (χ0) is 20.4. The number of sulfonamides is 1. The van der Waals surface area contributed by atoms with Gasteiger partial charge in [0.1, 0.15) is 0 Å². The fourth-order valence-corrected chi connectivity index (χ4v) is 3.47. The van der Waals surface area contributed by atoms with Crippen molar-refractivity contribution in [3.63, 3.8) is 0 Å². The highest BCUT2D eigenvalue weighted by Gasteiger charge is 2.12. The molecule has 0 aliphatic carbocycles. The Balaban J connectivity index is 0.00000420. The minimum absolute atomic E-state index is 0. The minimum Gasteiger partial charge on any atom is -0.396 e. The van der Waals surface area contributed by atoms with Crippen LogP contribution in [0.2, 0.25) is 0 Å². The van der Waals surface area contributed by atoms with Crippen LogP contribution in [0.15, 0.2) is 64.5 Å². The molecule has 0 heterocycles. The van der Waals surface area contributed by atoms with Crippen LogP contribution in [0.4, 0.5) is 0 Å². The van der Waals surface area contributed by atoms with E-state index in [2.05, 4.69) is 20.3 Å². The van der Waals surface area contributed by atoms with Gasteiger partial charge < -0.3 is 15.7 Å². The summed E-state index contributed by atoms with van der Waals surface area (Å²) in [4.78, 5) is 4.74. The molecule has 0 aliphatic rings. The average molecular weight is 532 g/mol. The molecule has 0 aliphatic heterocycles. The molecule has 0 spiro atoms. The molecule has 1 unspecified atom stereocenters. The van der Waals surface area contributed by atoms with Crippen LogP contribution in [-0.2, 0) is 16.6 Å². The van der Waals surface area contributed by atoms with Gasteiger partial charge in [-0.3, -0.25) is 0 Å². The molecule has 7 nitrogen and oxygen atoms in total. The SMILES string of the molecule is CCNC(=NCc1cccc(S(=O)(=O)NC)c1)NCC(CO)c1ccccc1.I. The summed E-state index contributed by atoms with van der Waals surface area (Å²) in [5.74, 6) is 0.563. The van der Waals surface area contributed by atoms with Gasteiger partial charge in [-0.1, -0.05) is 42.5 Å². The number of nitrogens with zero attached hydrogens (tertiary/aromatic N) is 1. The number of aliphatic hydroxyl groups is 1. The van der Waals surface area contributed by atoms with Gasteiger partial charge in [-0.2, -0.15) is 0 Å². The van der Waals surface area contributed by atoms with E-state index in [0.29, 0.717) is 25.6 Å². The first-order chi connectivity index (χ1) is 13.5. The Hall–Kier alpha value is -1.69. The first-order valence-corrected chi connectivity index (χ1v) is 10.7. The monoisotopic (exact) mass is 532 g/mol. The molecule has 29 heavy (non-hydrogen) atoms. The molecular weight excluding hydrogens is 503 g/mol. The van der Waals surface area contributed by atoms with Crippen molar-refractivity contribution in [1.82, 2.24) is 15.4 Å². The van der Waals surface area contributed by atoms with Crippen molar-refractivity contribution >= 4 is 40.0 Å². The van der Waals surface area contributed by atoms with Gasteiger partial charge in [0.15, 0.2) is 5.96 Å². The molecule has 0 fully saturated rings. The second kappa shape index (κ2) is 12.8. The smallest absolute Gasteiger partial charge is 0.240 e. The lowest BCUT2D eigenvalue weighted by molar-refractivity contribution is 0.265. The van der Waals surface area contributed by atoms with Crippen LogP contribution < -0.4 is 15.4 Å². The van der Waals surface area contributed by atoms with E-state index in [1.807, 2.05) is 43.3 Å². The average Bonchev–Trinajstić information content (AvgIpc) is 2.73. The largest absolute Gasteiger partial charge is 0.396 e. The lowest BCUT2D eigenvalue weighted by Crippen LogP contribution is -2.39. The highest BCUT2D eigenvalue weighted by Crippen LogP contribution is 2.14. The molecule has 4 N–H and O–H groups in total. The second-order valence-corrected chi connectivity index (χ2v) is 8.11. The zero-order valence-corrected chi connectivity index (χ0v) is 19.8.